The van der Waals surface area contributed by atoms with Crippen molar-refractivity contribution in [1.82, 2.24) is 0 Å². The molecule has 0 aliphatic carbocycles. The van der Waals surface area contributed by atoms with Crippen LogP contribution in [-0.4, -0.2) is 19.8 Å². The van der Waals surface area contributed by atoms with Crippen LogP contribution in [0, 0.1) is 0 Å². The number of halogens is 6. The van der Waals surface area contributed by atoms with Gasteiger partial charge in [-0.15, -0.1) is 23.2 Å². The topological polar surface area (TPSA) is 9.23 Å². The molecule has 2 atom stereocenters. The van der Waals surface area contributed by atoms with Crippen LogP contribution in [0.5, 0.6) is 0 Å². The SMILES string of the molecule is ClC1C(Cl)C(Cl)(Cl)OC1(Cl)Cl. The fourth-order valence-corrected chi connectivity index (χ4v) is 2.49. The third kappa shape index (κ3) is 1.96. The highest BCUT2D eigenvalue weighted by molar-refractivity contribution is 6.58. The highest BCUT2D eigenvalue weighted by Gasteiger charge is 2.59. The van der Waals surface area contributed by atoms with Crippen molar-refractivity contribution >= 4 is 69.6 Å². The second-order valence-electron chi connectivity index (χ2n) is 2.03. The quantitative estimate of drug-likeness (QED) is 0.616. The van der Waals surface area contributed by atoms with Gasteiger partial charge in [-0.05, 0) is 0 Å². The molecular formula is C4H2Cl6O. The predicted molar refractivity (Wildman–Crippen MR) is 49.2 cm³/mol. The van der Waals surface area contributed by atoms with Gasteiger partial charge in [-0.2, -0.15) is 0 Å². The second-order valence-corrected chi connectivity index (χ2v) is 5.60. The van der Waals surface area contributed by atoms with Crippen LogP contribution in [-0.2, 0) is 4.74 Å². The summed E-state index contributed by atoms with van der Waals surface area (Å²) in [7, 11) is 0. The molecular weight excluding hydrogens is 277 g/mol. The van der Waals surface area contributed by atoms with Crippen LogP contribution in [0.3, 0.4) is 0 Å². The number of ether oxygens (including phenoxy) is 1. The van der Waals surface area contributed by atoms with Gasteiger partial charge in [0.2, 0.25) is 9.04 Å². The highest BCUT2D eigenvalue weighted by Crippen LogP contribution is 2.52. The molecule has 0 saturated carbocycles. The van der Waals surface area contributed by atoms with E-state index in [0.29, 0.717) is 0 Å². The maximum absolute atomic E-state index is 5.65. The largest absolute Gasteiger partial charge is 0.307 e. The fourth-order valence-electron chi connectivity index (χ4n) is 0.635. The smallest absolute Gasteiger partial charge is 0.238 e. The van der Waals surface area contributed by atoms with Crippen molar-refractivity contribution in [3.05, 3.63) is 0 Å². The van der Waals surface area contributed by atoms with Crippen LogP contribution in [0.15, 0.2) is 0 Å². The Morgan fingerprint density at radius 2 is 1.09 bits per heavy atom. The van der Waals surface area contributed by atoms with Crippen molar-refractivity contribution < 1.29 is 4.74 Å². The van der Waals surface area contributed by atoms with E-state index in [9.17, 15) is 0 Å². The Bertz CT molecular complexity index is 150. The number of hydrogen-bond donors (Lipinski definition) is 0. The molecule has 1 aliphatic rings. The zero-order valence-corrected chi connectivity index (χ0v) is 9.37. The van der Waals surface area contributed by atoms with E-state index in [1.807, 2.05) is 0 Å². The molecule has 0 radical (unpaired) electrons. The summed E-state index contributed by atoms with van der Waals surface area (Å²) in [6.45, 7) is 0. The molecule has 0 spiro atoms. The predicted octanol–water partition coefficient (Wildman–Crippen LogP) is 3.49. The summed E-state index contributed by atoms with van der Waals surface area (Å²) in [5, 5.41) is -1.69. The molecule has 2 unspecified atom stereocenters. The molecule has 0 aromatic heterocycles. The molecule has 0 aromatic carbocycles. The Balaban J connectivity index is 2.86. The first-order valence-electron chi connectivity index (χ1n) is 2.51. The molecule has 66 valence electrons. The number of rotatable bonds is 0. The molecule has 1 rings (SSSR count). The lowest BCUT2D eigenvalue weighted by Crippen LogP contribution is -2.26. The molecule has 0 aromatic rings. The van der Waals surface area contributed by atoms with Crippen LogP contribution < -0.4 is 0 Å². The lowest BCUT2D eigenvalue weighted by molar-refractivity contribution is 0.0895. The van der Waals surface area contributed by atoms with Gasteiger partial charge in [0.1, 0.15) is 10.8 Å². The van der Waals surface area contributed by atoms with E-state index in [2.05, 4.69) is 0 Å². The number of alkyl halides is 6. The first-order chi connectivity index (χ1) is 4.77. The molecule has 1 saturated heterocycles. The van der Waals surface area contributed by atoms with Gasteiger partial charge in [0.05, 0.1) is 0 Å². The fraction of sp³-hybridized carbons (Fsp3) is 1.00. The van der Waals surface area contributed by atoms with E-state index in [1.54, 1.807) is 0 Å². The lowest BCUT2D eigenvalue weighted by atomic mass is 10.3. The summed E-state index contributed by atoms with van der Waals surface area (Å²) in [6, 6.07) is 0. The highest BCUT2D eigenvalue weighted by atomic mass is 35.5. The molecule has 11 heavy (non-hydrogen) atoms. The van der Waals surface area contributed by atoms with Crippen molar-refractivity contribution in [1.29, 1.82) is 0 Å². The Hall–Kier alpha value is 1.70. The Kier molecular flexibility index (Phi) is 3.06. The normalized spacial score (nSPS) is 40.9. The monoisotopic (exact) mass is 276 g/mol. The van der Waals surface area contributed by atoms with Gasteiger partial charge in [-0.25, -0.2) is 0 Å². The summed E-state index contributed by atoms with van der Waals surface area (Å²) in [5.41, 5.74) is 0. The summed E-state index contributed by atoms with van der Waals surface area (Å²) < 4.78 is 1.50. The van der Waals surface area contributed by atoms with Gasteiger partial charge >= 0.3 is 0 Å². The Morgan fingerprint density at radius 1 is 0.818 bits per heavy atom. The second kappa shape index (κ2) is 3.13. The summed E-state index contributed by atoms with van der Waals surface area (Å²) in [4.78, 5) is 0. The van der Waals surface area contributed by atoms with Gasteiger partial charge in [0.15, 0.2) is 0 Å². The van der Waals surface area contributed by atoms with E-state index < -0.39 is 19.8 Å². The van der Waals surface area contributed by atoms with Crippen LogP contribution in [0.1, 0.15) is 0 Å². The average Bonchev–Trinajstić information content (AvgIpc) is 1.91. The van der Waals surface area contributed by atoms with Crippen molar-refractivity contribution in [3.8, 4) is 0 Å². The average molecular weight is 279 g/mol. The molecule has 1 fully saturated rings. The Morgan fingerprint density at radius 3 is 1.18 bits per heavy atom. The minimum absolute atomic E-state index is 0.845. The van der Waals surface area contributed by atoms with Gasteiger partial charge in [-0.1, -0.05) is 46.4 Å². The van der Waals surface area contributed by atoms with Gasteiger partial charge in [-0.3, -0.25) is 0 Å². The zero-order chi connectivity index (χ0) is 8.86. The standard InChI is InChI=1S/C4H2Cl6O/c5-1-2(6)4(9,10)11-3(1,7)8/h1-2H. The van der Waals surface area contributed by atoms with E-state index in [1.165, 1.54) is 0 Å². The van der Waals surface area contributed by atoms with E-state index >= 15 is 0 Å². The molecule has 1 aliphatic heterocycles. The van der Waals surface area contributed by atoms with Gasteiger partial charge in [0, 0.05) is 0 Å². The van der Waals surface area contributed by atoms with Crippen LogP contribution >= 0.6 is 69.6 Å². The third-order valence-corrected chi connectivity index (χ3v) is 4.11. The first-order valence-corrected chi connectivity index (χ1v) is 4.90. The molecule has 1 nitrogen and oxygen atoms in total. The molecule has 0 amide bonds. The van der Waals surface area contributed by atoms with E-state index in [-0.39, 0.29) is 0 Å². The lowest BCUT2D eigenvalue weighted by Gasteiger charge is -2.16. The molecule has 0 bridgehead atoms. The van der Waals surface area contributed by atoms with Crippen LogP contribution in [0.4, 0.5) is 0 Å². The Labute approximate surface area is 93.8 Å². The minimum atomic E-state index is -1.63. The summed E-state index contributed by atoms with van der Waals surface area (Å²) in [5.74, 6) is 0. The van der Waals surface area contributed by atoms with Crippen LogP contribution in [0.25, 0.3) is 0 Å². The maximum Gasteiger partial charge on any atom is 0.238 e. The van der Waals surface area contributed by atoms with Crippen molar-refractivity contribution in [2.24, 2.45) is 0 Å². The van der Waals surface area contributed by atoms with E-state index in [4.69, 9.17) is 74.3 Å². The maximum atomic E-state index is 5.65. The summed E-state index contributed by atoms with van der Waals surface area (Å²) in [6.07, 6.45) is 0. The molecule has 0 N–H and O–H groups in total. The van der Waals surface area contributed by atoms with Crippen molar-refractivity contribution in [3.63, 3.8) is 0 Å². The first kappa shape index (κ1) is 10.8. The molecule has 1 heterocycles. The number of hydrogen-bond acceptors (Lipinski definition) is 1. The van der Waals surface area contributed by atoms with Crippen LogP contribution in [0.2, 0.25) is 0 Å². The van der Waals surface area contributed by atoms with Crippen molar-refractivity contribution in [2.45, 2.75) is 19.8 Å². The van der Waals surface area contributed by atoms with E-state index in [0.717, 1.165) is 0 Å². The van der Waals surface area contributed by atoms with Gasteiger partial charge in [0.25, 0.3) is 0 Å². The zero-order valence-electron chi connectivity index (χ0n) is 4.83. The summed E-state index contributed by atoms with van der Waals surface area (Å²) >= 11 is 33.5. The van der Waals surface area contributed by atoms with Crippen molar-refractivity contribution in [2.75, 3.05) is 0 Å². The minimum Gasteiger partial charge on any atom is -0.307 e. The molecule has 7 heteroatoms. The van der Waals surface area contributed by atoms with Gasteiger partial charge < -0.3 is 4.74 Å². The third-order valence-electron chi connectivity index (χ3n) is 1.17.